The molecule has 32 heavy (non-hydrogen) atoms. The average Bonchev–Trinajstić information content (AvgIpc) is 2.99. The summed E-state index contributed by atoms with van der Waals surface area (Å²) in [6.07, 6.45) is 0. The summed E-state index contributed by atoms with van der Waals surface area (Å²) < 4.78 is 0. The zero-order chi connectivity index (χ0) is 22.8. The van der Waals surface area contributed by atoms with Crippen LogP contribution in [-0.4, -0.2) is 17.7 Å². The van der Waals surface area contributed by atoms with Crippen molar-refractivity contribution in [2.24, 2.45) is 0 Å². The summed E-state index contributed by atoms with van der Waals surface area (Å²) in [4.78, 5) is 39.3. The van der Waals surface area contributed by atoms with E-state index in [1.165, 1.54) is 6.92 Å². The van der Waals surface area contributed by atoms with Gasteiger partial charge in [0.25, 0.3) is 11.8 Å². The van der Waals surface area contributed by atoms with Gasteiger partial charge in [0.2, 0.25) is 5.91 Å². The molecular weight excluding hydrogens is 402 g/mol. The molecule has 0 radical (unpaired) electrons. The summed E-state index contributed by atoms with van der Waals surface area (Å²) >= 11 is 0. The molecule has 3 amide bonds. The molecule has 6 nitrogen and oxygen atoms in total. The number of amides is 3. The molecular formula is C26H23N3O3. The number of carbonyl (C=O) groups excluding carboxylic acids is 3. The first-order valence-electron chi connectivity index (χ1n) is 10.2. The molecule has 1 heterocycles. The van der Waals surface area contributed by atoms with Gasteiger partial charge in [0, 0.05) is 18.3 Å². The minimum absolute atomic E-state index is 0.195. The first kappa shape index (κ1) is 21.1. The fraction of sp³-hybridized carbons (Fsp3) is 0.115. The molecule has 0 saturated carbocycles. The van der Waals surface area contributed by atoms with E-state index in [9.17, 15) is 14.4 Å². The summed E-state index contributed by atoms with van der Waals surface area (Å²) in [6, 6.07) is 21.8. The number of carbonyl (C=O) groups is 3. The Hall–Kier alpha value is -4.19. The van der Waals surface area contributed by atoms with E-state index in [-0.39, 0.29) is 11.6 Å². The van der Waals surface area contributed by atoms with Crippen molar-refractivity contribution in [1.29, 1.82) is 0 Å². The van der Waals surface area contributed by atoms with E-state index >= 15 is 0 Å². The van der Waals surface area contributed by atoms with Crippen LogP contribution in [0.25, 0.3) is 5.57 Å². The van der Waals surface area contributed by atoms with Crippen molar-refractivity contribution in [1.82, 2.24) is 0 Å². The molecule has 160 valence electrons. The number of rotatable bonds is 5. The number of aryl methyl sites for hydroxylation is 2. The number of benzene rings is 3. The summed E-state index contributed by atoms with van der Waals surface area (Å²) in [5, 5.41) is 5.85. The monoisotopic (exact) mass is 425 g/mol. The summed E-state index contributed by atoms with van der Waals surface area (Å²) in [5.41, 5.74) is 5.07. The normalized spacial score (nSPS) is 13.5. The number of nitrogens with zero attached hydrogens (tertiary/aromatic N) is 1. The minimum Gasteiger partial charge on any atom is -0.350 e. The molecule has 0 unspecified atom stereocenters. The molecule has 0 bridgehead atoms. The van der Waals surface area contributed by atoms with Crippen molar-refractivity contribution in [3.63, 3.8) is 0 Å². The lowest BCUT2D eigenvalue weighted by Gasteiger charge is -2.16. The van der Waals surface area contributed by atoms with Gasteiger partial charge >= 0.3 is 0 Å². The third kappa shape index (κ3) is 4.16. The highest BCUT2D eigenvalue weighted by Gasteiger charge is 2.40. The predicted molar refractivity (Wildman–Crippen MR) is 126 cm³/mol. The van der Waals surface area contributed by atoms with Crippen LogP contribution in [-0.2, 0) is 14.4 Å². The van der Waals surface area contributed by atoms with Crippen LogP contribution in [0.5, 0.6) is 0 Å². The van der Waals surface area contributed by atoms with Gasteiger partial charge in [0.05, 0.1) is 11.3 Å². The maximum absolute atomic E-state index is 13.5. The van der Waals surface area contributed by atoms with E-state index in [1.807, 2.05) is 62.4 Å². The number of imide groups is 1. The average molecular weight is 425 g/mol. The molecule has 2 N–H and O–H groups in total. The minimum atomic E-state index is -0.431. The van der Waals surface area contributed by atoms with Crippen molar-refractivity contribution in [2.45, 2.75) is 20.8 Å². The Morgan fingerprint density at radius 1 is 0.781 bits per heavy atom. The van der Waals surface area contributed by atoms with Crippen molar-refractivity contribution < 1.29 is 14.4 Å². The summed E-state index contributed by atoms with van der Waals surface area (Å²) in [5.74, 6) is -1.03. The van der Waals surface area contributed by atoms with Crippen LogP contribution >= 0.6 is 0 Å². The third-order valence-electron chi connectivity index (χ3n) is 5.16. The number of hydrogen-bond acceptors (Lipinski definition) is 4. The number of anilines is 3. The second-order valence-electron chi connectivity index (χ2n) is 7.78. The predicted octanol–water partition coefficient (Wildman–Crippen LogP) is 4.66. The molecule has 1 aliphatic heterocycles. The molecule has 0 spiro atoms. The molecule has 3 aromatic carbocycles. The topological polar surface area (TPSA) is 78.5 Å². The second-order valence-corrected chi connectivity index (χ2v) is 7.78. The van der Waals surface area contributed by atoms with Gasteiger partial charge in [-0.3, -0.25) is 14.4 Å². The van der Waals surface area contributed by atoms with Crippen molar-refractivity contribution >= 4 is 40.4 Å². The van der Waals surface area contributed by atoms with Crippen LogP contribution in [0, 0.1) is 13.8 Å². The van der Waals surface area contributed by atoms with Crippen molar-refractivity contribution in [3.8, 4) is 0 Å². The van der Waals surface area contributed by atoms with E-state index in [1.54, 1.807) is 24.3 Å². The Balaban J connectivity index is 1.75. The van der Waals surface area contributed by atoms with Gasteiger partial charge < -0.3 is 10.6 Å². The number of nitrogens with one attached hydrogen (secondary N) is 2. The molecule has 0 atom stereocenters. The van der Waals surface area contributed by atoms with Crippen LogP contribution in [0.2, 0.25) is 0 Å². The van der Waals surface area contributed by atoms with E-state index < -0.39 is 11.8 Å². The Morgan fingerprint density at radius 2 is 1.47 bits per heavy atom. The molecule has 0 fully saturated rings. The fourth-order valence-electron chi connectivity index (χ4n) is 3.63. The first-order valence-corrected chi connectivity index (χ1v) is 10.2. The van der Waals surface area contributed by atoms with Gasteiger partial charge in [0.15, 0.2) is 0 Å². The van der Waals surface area contributed by atoms with Crippen LogP contribution in [0.4, 0.5) is 17.1 Å². The van der Waals surface area contributed by atoms with Crippen molar-refractivity contribution in [2.75, 3.05) is 15.5 Å². The van der Waals surface area contributed by atoms with E-state index in [0.717, 1.165) is 21.7 Å². The second kappa shape index (κ2) is 8.51. The van der Waals surface area contributed by atoms with Gasteiger partial charge in [-0.15, -0.1) is 0 Å². The van der Waals surface area contributed by atoms with E-state index in [2.05, 4.69) is 10.6 Å². The molecule has 0 aromatic heterocycles. The first-order chi connectivity index (χ1) is 15.3. The van der Waals surface area contributed by atoms with Gasteiger partial charge in [-0.2, -0.15) is 0 Å². The smallest absolute Gasteiger partial charge is 0.282 e. The lowest BCUT2D eigenvalue weighted by molar-refractivity contribution is -0.120. The molecule has 3 aromatic rings. The number of hydrogen-bond donors (Lipinski definition) is 2. The Kier molecular flexibility index (Phi) is 5.60. The maximum atomic E-state index is 13.5. The third-order valence-corrected chi connectivity index (χ3v) is 5.16. The van der Waals surface area contributed by atoms with Crippen LogP contribution in [0.1, 0.15) is 23.6 Å². The molecule has 4 rings (SSSR count). The fourth-order valence-corrected chi connectivity index (χ4v) is 3.63. The molecule has 0 saturated heterocycles. The highest BCUT2D eigenvalue weighted by Crippen LogP contribution is 2.34. The Morgan fingerprint density at radius 3 is 2.09 bits per heavy atom. The highest BCUT2D eigenvalue weighted by molar-refractivity contribution is 6.46. The highest BCUT2D eigenvalue weighted by atomic mass is 16.2. The zero-order valence-electron chi connectivity index (χ0n) is 18.1. The summed E-state index contributed by atoms with van der Waals surface area (Å²) in [7, 11) is 0. The van der Waals surface area contributed by atoms with Gasteiger partial charge in [0.1, 0.15) is 5.70 Å². The largest absolute Gasteiger partial charge is 0.350 e. The maximum Gasteiger partial charge on any atom is 0.282 e. The Labute approximate surface area is 186 Å². The molecule has 0 aliphatic carbocycles. The molecule has 6 heteroatoms. The van der Waals surface area contributed by atoms with Crippen LogP contribution in [0.3, 0.4) is 0 Å². The SMILES string of the molecule is CC(=O)Nc1ccc(N2C(=O)C(Nc3cccc(C)c3)=C(c3ccc(C)cc3)C2=O)cc1. The quantitative estimate of drug-likeness (QED) is 0.583. The zero-order valence-corrected chi connectivity index (χ0v) is 18.1. The standard InChI is InChI=1S/C26H23N3O3/c1-16-7-9-19(10-8-16)23-24(28-21-6-4-5-17(2)15-21)26(32)29(25(23)31)22-13-11-20(12-14-22)27-18(3)30/h4-15,28H,1-3H3,(H,27,30). The lowest BCUT2D eigenvalue weighted by atomic mass is 10.0. The molecule has 1 aliphatic rings. The van der Waals surface area contributed by atoms with Gasteiger partial charge in [-0.25, -0.2) is 4.90 Å². The van der Waals surface area contributed by atoms with Gasteiger partial charge in [-0.05, 0) is 61.4 Å². The van der Waals surface area contributed by atoms with Crippen LogP contribution < -0.4 is 15.5 Å². The summed E-state index contributed by atoms with van der Waals surface area (Å²) in [6.45, 7) is 5.35. The van der Waals surface area contributed by atoms with Crippen molar-refractivity contribution in [3.05, 3.63) is 95.2 Å². The van der Waals surface area contributed by atoms with Crippen LogP contribution in [0.15, 0.2) is 78.5 Å². The Bertz CT molecular complexity index is 1240. The van der Waals surface area contributed by atoms with E-state index in [0.29, 0.717) is 22.5 Å². The lowest BCUT2D eigenvalue weighted by Crippen LogP contribution is -2.32. The van der Waals surface area contributed by atoms with Gasteiger partial charge in [-0.1, -0.05) is 42.0 Å². The van der Waals surface area contributed by atoms with E-state index in [4.69, 9.17) is 0 Å².